The SMILES string of the molecule is CCC1(COCCCCCCCCOc2ccc(C(=O)Oc3ccc(OC(F)(F)F)c(F)c3)cc2)COC1. The van der Waals surface area contributed by atoms with Gasteiger partial charge in [0.25, 0.3) is 0 Å². The molecule has 38 heavy (non-hydrogen) atoms. The third-order valence-corrected chi connectivity index (χ3v) is 6.36. The minimum Gasteiger partial charge on any atom is -0.494 e. The van der Waals surface area contributed by atoms with Gasteiger partial charge in [-0.05, 0) is 55.7 Å². The Bertz CT molecular complexity index is 1000. The molecule has 0 saturated carbocycles. The third kappa shape index (κ3) is 9.79. The predicted octanol–water partition coefficient (Wildman–Crippen LogP) is 7.11. The zero-order valence-electron chi connectivity index (χ0n) is 21.5. The maximum atomic E-state index is 13.8. The number of carbonyl (C=O) groups excluding carboxylic acids is 1. The lowest BCUT2D eigenvalue weighted by molar-refractivity contribution is -0.275. The summed E-state index contributed by atoms with van der Waals surface area (Å²) in [6.45, 7) is 5.96. The summed E-state index contributed by atoms with van der Waals surface area (Å²) in [5.74, 6) is -2.74. The van der Waals surface area contributed by atoms with E-state index in [9.17, 15) is 22.4 Å². The summed E-state index contributed by atoms with van der Waals surface area (Å²) in [5.41, 5.74) is 0.432. The van der Waals surface area contributed by atoms with E-state index in [-0.39, 0.29) is 16.7 Å². The van der Waals surface area contributed by atoms with E-state index in [2.05, 4.69) is 11.7 Å². The van der Waals surface area contributed by atoms with Gasteiger partial charge in [0.15, 0.2) is 11.6 Å². The van der Waals surface area contributed by atoms with E-state index < -0.39 is 23.9 Å². The molecule has 2 aromatic carbocycles. The Labute approximate surface area is 220 Å². The van der Waals surface area contributed by atoms with E-state index in [0.29, 0.717) is 18.4 Å². The summed E-state index contributed by atoms with van der Waals surface area (Å²) in [6.07, 6.45) is 2.55. The number of benzene rings is 2. The Kier molecular flexibility index (Phi) is 11.2. The first-order valence-corrected chi connectivity index (χ1v) is 12.9. The predicted molar refractivity (Wildman–Crippen MR) is 132 cm³/mol. The Morgan fingerprint density at radius 2 is 1.55 bits per heavy atom. The van der Waals surface area contributed by atoms with Gasteiger partial charge in [-0.2, -0.15) is 0 Å². The van der Waals surface area contributed by atoms with Crippen molar-refractivity contribution in [2.75, 3.05) is 33.0 Å². The summed E-state index contributed by atoms with van der Waals surface area (Å²) in [4.78, 5) is 12.3. The lowest BCUT2D eigenvalue weighted by atomic mass is 9.84. The van der Waals surface area contributed by atoms with E-state index in [4.69, 9.17) is 18.9 Å². The number of alkyl halides is 3. The molecule has 1 fully saturated rings. The highest BCUT2D eigenvalue weighted by atomic mass is 19.4. The van der Waals surface area contributed by atoms with Gasteiger partial charge in [-0.3, -0.25) is 0 Å². The Hall–Kier alpha value is -2.85. The minimum atomic E-state index is -5.03. The molecular formula is C28H34F4O6. The molecule has 10 heteroatoms. The van der Waals surface area contributed by atoms with Crippen LogP contribution < -0.4 is 14.2 Å². The van der Waals surface area contributed by atoms with Crippen LogP contribution in [-0.4, -0.2) is 45.4 Å². The van der Waals surface area contributed by atoms with Crippen molar-refractivity contribution in [2.45, 2.75) is 58.2 Å². The number of hydrogen-bond acceptors (Lipinski definition) is 6. The Morgan fingerprint density at radius 1 is 0.921 bits per heavy atom. The molecule has 0 aromatic heterocycles. The monoisotopic (exact) mass is 542 g/mol. The summed E-state index contributed by atoms with van der Waals surface area (Å²) < 4.78 is 75.9. The molecule has 3 rings (SSSR count). The lowest BCUT2D eigenvalue weighted by Gasteiger charge is -2.40. The molecule has 0 amide bonds. The van der Waals surface area contributed by atoms with Crippen LogP contribution in [0.1, 0.15) is 62.2 Å². The fourth-order valence-corrected chi connectivity index (χ4v) is 3.88. The fraction of sp³-hybridized carbons (Fsp3) is 0.536. The quantitative estimate of drug-likeness (QED) is 0.0976. The van der Waals surface area contributed by atoms with Crippen LogP contribution in [0.4, 0.5) is 17.6 Å². The number of unbranched alkanes of at least 4 members (excludes halogenated alkanes) is 5. The second-order valence-electron chi connectivity index (χ2n) is 9.42. The van der Waals surface area contributed by atoms with Crippen LogP contribution in [0, 0.1) is 11.2 Å². The third-order valence-electron chi connectivity index (χ3n) is 6.36. The molecule has 1 saturated heterocycles. The molecule has 1 aliphatic rings. The van der Waals surface area contributed by atoms with E-state index in [1.54, 1.807) is 12.1 Å². The first-order valence-electron chi connectivity index (χ1n) is 12.9. The van der Waals surface area contributed by atoms with Crippen molar-refractivity contribution in [3.8, 4) is 17.2 Å². The first kappa shape index (κ1) is 29.7. The molecule has 1 heterocycles. The summed E-state index contributed by atoms with van der Waals surface area (Å²) >= 11 is 0. The fourth-order valence-electron chi connectivity index (χ4n) is 3.88. The number of rotatable bonds is 16. The van der Waals surface area contributed by atoms with Gasteiger partial charge in [0, 0.05) is 18.1 Å². The van der Waals surface area contributed by atoms with Crippen LogP contribution in [0.3, 0.4) is 0 Å². The summed E-state index contributed by atoms with van der Waals surface area (Å²) in [6, 6.07) is 8.64. The van der Waals surface area contributed by atoms with Crippen molar-refractivity contribution in [3.63, 3.8) is 0 Å². The minimum absolute atomic E-state index is 0.184. The number of esters is 1. The molecule has 1 aliphatic heterocycles. The first-order chi connectivity index (χ1) is 18.2. The average molecular weight is 543 g/mol. The van der Waals surface area contributed by atoms with Crippen molar-refractivity contribution in [1.82, 2.24) is 0 Å². The van der Waals surface area contributed by atoms with E-state index >= 15 is 0 Å². The van der Waals surface area contributed by atoms with Crippen LogP contribution in [0.5, 0.6) is 17.2 Å². The molecule has 0 unspecified atom stereocenters. The van der Waals surface area contributed by atoms with Gasteiger partial charge in [0.2, 0.25) is 0 Å². The number of hydrogen-bond donors (Lipinski definition) is 0. The Morgan fingerprint density at radius 3 is 2.13 bits per heavy atom. The highest BCUT2D eigenvalue weighted by molar-refractivity contribution is 5.91. The van der Waals surface area contributed by atoms with E-state index in [1.807, 2.05) is 0 Å². The number of halogens is 4. The summed E-state index contributed by atoms with van der Waals surface area (Å²) in [7, 11) is 0. The molecule has 6 nitrogen and oxygen atoms in total. The molecule has 0 atom stereocenters. The smallest absolute Gasteiger partial charge is 0.494 e. The number of carbonyl (C=O) groups is 1. The van der Waals surface area contributed by atoms with Crippen LogP contribution in [0.15, 0.2) is 42.5 Å². The highest BCUT2D eigenvalue weighted by Crippen LogP contribution is 2.31. The zero-order chi connectivity index (χ0) is 27.4. The molecule has 0 aliphatic carbocycles. The molecule has 210 valence electrons. The van der Waals surface area contributed by atoms with Crippen molar-refractivity contribution in [2.24, 2.45) is 5.41 Å². The van der Waals surface area contributed by atoms with Gasteiger partial charge in [0.1, 0.15) is 11.5 Å². The molecule has 0 spiro atoms. The van der Waals surface area contributed by atoms with Gasteiger partial charge in [-0.25, -0.2) is 9.18 Å². The number of ether oxygens (including phenoxy) is 5. The van der Waals surface area contributed by atoms with Crippen molar-refractivity contribution >= 4 is 5.97 Å². The second kappa shape index (κ2) is 14.3. The van der Waals surface area contributed by atoms with Crippen LogP contribution >= 0.6 is 0 Å². The molecular weight excluding hydrogens is 508 g/mol. The largest absolute Gasteiger partial charge is 0.573 e. The summed E-state index contributed by atoms with van der Waals surface area (Å²) in [5, 5.41) is 0. The molecule has 2 aromatic rings. The van der Waals surface area contributed by atoms with Crippen molar-refractivity contribution in [3.05, 3.63) is 53.8 Å². The second-order valence-corrected chi connectivity index (χ2v) is 9.42. The van der Waals surface area contributed by atoms with Crippen LogP contribution in [-0.2, 0) is 9.47 Å². The van der Waals surface area contributed by atoms with Crippen LogP contribution in [0.25, 0.3) is 0 Å². The molecule has 0 radical (unpaired) electrons. The van der Waals surface area contributed by atoms with Crippen LogP contribution in [0.2, 0.25) is 0 Å². The highest BCUT2D eigenvalue weighted by Gasteiger charge is 2.36. The average Bonchev–Trinajstić information content (AvgIpc) is 2.85. The zero-order valence-corrected chi connectivity index (χ0v) is 21.5. The van der Waals surface area contributed by atoms with Gasteiger partial charge in [-0.15, -0.1) is 13.2 Å². The topological polar surface area (TPSA) is 63.2 Å². The van der Waals surface area contributed by atoms with E-state index in [1.165, 1.54) is 12.1 Å². The molecule has 0 bridgehead atoms. The van der Waals surface area contributed by atoms with Gasteiger partial charge < -0.3 is 23.7 Å². The van der Waals surface area contributed by atoms with Gasteiger partial charge >= 0.3 is 12.3 Å². The van der Waals surface area contributed by atoms with Gasteiger partial charge in [-0.1, -0.05) is 32.6 Å². The maximum absolute atomic E-state index is 13.8. The van der Waals surface area contributed by atoms with Crippen molar-refractivity contribution < 1.29 is 46.0 Å². The molecule has 0 N–H and O–H groups in total. The lowest BCUT2D eigenvalue weighted by Crippen LogP contribution is -2.45. The Balaban J connectivity index is 1.25. The van der Waals surface area contributed by atoms with Crippen molar-refractivity contribution in [1.29, 1.82) is 0 Å². The normalized spacial score (nSPS) is 14.6. The standard InChI is InChI=1S/C28H34F4O6/c1-2-27(19-35-20-27)18-34-15-7-5-3-4-6-8-16-36-22-11-9-21(10-12-22)26(33)37-23-13-14-25(24(29)17-23)38-28(30,31)32/h9-14,17H,2-8,15-16,18-20H2,1H3. The van der Waals surface area contributed by atoms with Gasteiger partial charge in [0.05, 0.1) is 32.0 Å². The van der Waals surface area contributed by atoms with E-state index in [0.717, 1.165) is 83.5 Å². The maximum Gasteiger partial charge on any atom is 0.573 e.